The van der Waals surface area contributed by atoms with Gasteiger partial charge in [-0.15, -0.1) is 0 Å². The van der Waals surface area contributed by atoms with Crippen molar-refractivity contribution < 1.29 is 14.3 Å². The van der Waals surface area contributed by atoms with Gasteiger partial charge in [-0.3, -0.25) is 14.8 Å². The number of ether oxygens (including phenoxy) is 2. The van der Waals surface area contributed by atoms with Gasteiger partial charge in [-0.05, 0) is 41.5 Å². The number of carbonyl (C=O) groups excluding carboxylic acids is 1. The van der Waals surface area contributed by atoms with Crippen LogP contribution in [0.1, 0.15) is 11.1 Å². The minimum atomic E-state index is -0.0617. The van der Waals surface area contributed by atoms with Crippen LogP contribution in [0.3, 0.4) is 0 Å². The average Bonchev–Trinajstić information content (AvgIpc) is 3.15. The number of rotatable bonds is 5. The van der Waals surface area contributed by atoms with Gasteiger partial charge in [0.15, 0.2) is 11.5 Å². The fraction of sp³-hybridized carbons (Fsp3) is 0.150. The van der Waals surface area contributed by atoms with Crippen LogP contribution in [0.25, 0.3) is 11.3 Å². The first-order valence-electron chi connectivity index (χ1n) is 8.29. The molecule has 0 radical (unpaired) electrons. The number of aromatic nitrogens is 2. The SMILES string of the molecule is O=C(Cc1ccc2c(c1)OCO2)NCc1cccnc1-c1ccncc1. The van der Waals surface area contributed by atoms with Crippen LogP contribution < -0.4 is 14.8 Å². The van der Waals surface area contributed by atoms with E-state index in [0.29, 0.717) is 18.0 Å². The molecule has 3 aromatic rings. The van der Waals surface area contributed by atoms with Crippen LogP contribution in [0.2, 0.25) is 0 Å². The summed E-state index contributed by atoms with van der Waals surface area (Å²) >= 11 is 0. The van der Waals surface area contributed by atoms with E-state index >= 15 is 0 Å². The Labute approximate surface area is 150 Å². The van der Waals surface area contributed by atoms with Crippen LogP contribution in [-0.2, 0) is 17.8 Å². The molecule has 1 N–H and O–H groups in total. The summed E-state index contributed by atoms with van der Waals surface area (Å²) in [7, 11) is 0. The molecule has 2 aromatic heterocycles. The molecule has 1 amide bonds. The first-order chi connectivity index (χ1) is 12.8. The fourth-order valence-electron chi connectivity index (χ4n) is 2.84. The quantitative estimate of drug-likeness (QED) is 0.768. The van der Waals surface area contributed by atoms with Crippen molar-refractivity contribution in [2.45, 2.75) is 13.0 Å². The first-order valence-corrected chi connectivity index (χ1v) is 8.29. The number of amides is 1. The van der Waals surface area contributed by atoms with E-state index in [4.69, 9.17) is 9.47 Å². The predicted octanol–water partition coefficient (Wildman–Crippen LogP) is 2.73. The van der Waals surface area contributed by atoms with Gasteiger partial charge in [0, 0.05) is 30.7 Å². The Morgan fingerprint density at radius 1 is 1.04 bits per heavy atom. The Kier molecular flexibility index (Phi) is 4.47. The van der Waals surface area contributed by atoms with E-state index in [1.54, 1.807) is 18.6 Å². The molecule has 0 bridgehead atoms. The summed E-state index contributed by atoms with van der Waals surface area (Å²) in [6.07, 6.45) is 5.48. The van der Waals surface area contributed by atoms with Crippen LogP contribution in [0, 0.1) is 0 Å². The van der Waals surface area contributed by atoms with Crippen LogP contribution in [0.5, 0.6) is 11.5 Å². The molecule has 1 aliphatic heterocycles. The van der Waals surface area contributed by atoms with Crippen molar-refractivity contribution in [3.05, 3.63) is 72.2 Å². The molecule has 0 saturated carbocycles. The van der Waals surface area contributed by atoms with Gasteiger partial charge >= 0.3 is 0 Å². The van der Waals surface area contributed by atoms with Gasteiger partial charge in [-0.2, -0.15) is 0 Å². The normalized spacial score (nSPS) is 12.0. The first kappa shape index (κ1) is 16.1. The molecular formula is C20H17N3O3. The van der Waals surface area contributed by atoms with E-state index in [2.05, 4.69) is 15.3 Å². The van der Waals surface area contributed by atoms with Crippen LogP contribution in [-0.4, -0.2) is 22.7 Å². The minimum absolute atomic E-state index is 0.0617. The van der Waals surface area contributed by atoms with Crippen LogP contribution >= 0.6 is 0 Å². The number of fused-ring (bicyclic) bond motifs is 1. The number of nitrogens with one attached hydrogen (secondary N) is 1. The minimum Gasteiger partial charge on any atom is -0.454 e. The average molecular weight is 347 g/mol. The largest absolute Gasteiger partial charge is 0.454 e. The zero-order chi connectivity index (χ0) is 17.8. The molecule has 0 aliphatic carbocycles. The smallest absolute Gasteiger partial charge is 0.231 e. The molecule has 6 heteroatoms. The van der Waals surface area contributed by atoms with Gasteiger partial charge in [0.05, 0.1) is 12.1 Å². The van der Waals surface area contributed by atoms with E-state index in [0.717, 1.165) is 22.4 Å². The molecule has 4 rings (SSSR count). The summed E-state index contributed by atoms with van der Waals surface area (Å²) in [5.74, 6) is 1.34. The Morgan fingerprint density at radius 2 is 1.88 bits per heavy atom. The van der Waals surface area contributed by atoms with Gasteiger partial charge in [0.1, 0.15) is 0 Å². The molecule has 1 aliphatic rings. The topological polar surface area (TPSA) is 73.3 Å². The maximum absolute atomic E-state index is 12.3. The summed E-state index contributed by atoms with van der Waals surface area (Å²) < 4.78 is 10.6. The highest BCUT2D eigenvalue weighted by Gasteiger charge is 2.14. The maximum Gasteiger partial charge on any atom is 0.231 e. The third-order valence-corrected chi connectivity index (χ3v) is 4.12. The molecule has 130 valence electrons. The summed E-state index contributed by atoms with van der Waals surface area (Å²) in [5, 5.41) is 2.96. The second-order valence-electron chi connectivity index (χ2n) is 5.89. The van der Waals surface area contributed by atoms with Crippen molar-refractivity contribution in [1.29, 1.82) is 0 Å². The monoisotopic (exact) mass is 347 g/mol. The van der Waals surface area contributed by atoms with Gasteiger partial charge in [0.25, 0.3) is 0 Å². The van der Waals surface area contributed by atoms with Crippen molar-refractivity contribution in [2.24, 2.45) is 0 Å². The Morgan fingerprint density at radius 3 is 2.77 bits per heavy atom. The zero-order valence-electron chi connectivity index (χ0n) is 14.0. The van der Waals surface area contributed by atoms with E-state index in [1.807, 2.05) is 42.5 Å². The second kappa shape index (κ2) is 7.23. The number of carbonyl (C=O) groups is 1. The fourth-order valence-corrected chi connectivity index (χ4v) is 2.84. The highest BCUT2D eigenvalue weighted by atomic mass is 16.7. The third-order valence-electron chi connectivity index (χ3n) is 4.12. The van der Waals surface area contributed by atoms with Gasteiger partial charge in [0.2, 0.25) is 12.7 Å². The van der Waals surface area contributed by atoms with Gasteiger partial charge in [-0.25, -0.2) is 0 Å². The molecule has 6 nitrogen and oxygen atoms in total. The van der Waals surface area contributed by atoms with E-state index in [1.165, 1.54) is 0 Å². The van der Waals surface area contributed by atoms with Crippen LogP contribution in [0.15, 0.2) is 61.1 Å². The maximum atomic E-state index is 12.3. The molecular weight excluding hydrogens is 330 g/mol. The van der Waals surface area contributed by atoms with Crippen molar-refractivity contribution in [2.75, 3.05) is 6.79 Å². The predicted molar refractivity (Wildman–Crippen MR) is 95.6 cm³/mol. The molecule has 3 heterocycles. The molecule has 26 heavy (non-hydrogen) atoms. The van der Waals surface area contributed by atoms with Gasteiger partial charge in [-0.1, -0.05) is 12.1 Å². The Balaban J connectivity index is 1.42. The van der Waals surface area contributed by atoms with Crippen molar-refractivity contribution >= 4 is 5.91 Å². The van der Waals surface area contributed by atoms with Crippen LogP contribution in [0.4, 0.5) is 0 Å². The lowest BCUT2D eigenvalue weighted by Gasteiger charge is -2.10. The number of pyridine rings is 2. The Hall–Kier alpha value is -3.41. The highest BCUT2D eigenvalue weighted by Crippen LogP contribution is 2.32. The lowest BCUT2D eigenvalue weighted by molar-refractivity contribution is -0.120. The number of hydrogen-bond acceptors (Lipinski definition) is 5. The van der Waals surface area contributed by atoms with Crippen molar-refractivity contribution in [3.63, 3.8) is 0 Å². The lowest BCUT2D eigenvalue weighted by Crippen LogP contribution is -2.25. The second-order valence-corrected chi connectivity index (χ2v) is 5.89. The number of nitrogens with zero attached hydrogens (tertiary/aromatic N) is 2. The van der Waals surface area contributed by atoms with Crippen molar-refractivity contribution in [3.8, 4) is 22.8 Å². The summed E-state index contributed by atoms with van der Waals surface area (Å²) in [6.45, 7) is 0.638. The molecule has 1 aromatic carbocycles. The van der Waals surface area contributed by atoms with Crippen molar-refractivity contribution in [1.82, 2.24) is 15.3 Å². The molecule has 0 spiro atoms. The molecule has 0 atom stereocenters. The lowest BCUT2D eigenvalue weighted by atomic mass is 10.1. The Bertz CT molecular complexity index is 929. The standard InChI is InChI=1S/C20H17N3O3/c24-19(11-14-3-4-17-18(10-14)26-13-25-17)23-12-16-2-1-7-22-20(16)15-5-8-21-9-6-15/h1-10H,11-13H2,(H,23,24). The summed E-state index contributed by atoms with van der Waals surface area (Å²) in [6, 6.07) is 13.2. The van der Waals surface area contributed by atoms with E-state index < -0.39 is 0 Å². The number of hydrogen-bond donors (Lipinski definition) is 1. The van der Waals surface area contributed by atoms with Gasteiger partial charge < -0.3 is 14.8 Å². The summed E-state index contributed by atoms with van der Waals surface area (Å²) in [5.41, 5.74) is 3.66. The van der Waals surface area contributed by atoms with E-state index in [9.17, 15) is 4.79 Å². The molecule has 0 saturated heterocycles. The summed E-state index contributed by atoms with van der Waals surface area (Å²) in [4.78, 5) is 20.8. The molecule has 0 fully saturated rings. The molecule has 0 unspecified atom stereocenters. The third kappa shape index (κ3) is 3.49. The zero-order valence-corrected chi connectivity index (χ0v) is 14.0. The number of benzene rings is 1. The van der Waals surface area contributed by atoms with E-state index in [-0.39, 0.29) is 19.1 Å². The highest BCUT2D eigenvalue weighted by molar-refractivity contribution is 5.79.